The van der Waals surface area contributed by atoms with Gasteiger partial charge >= 0.3 is 0 Å². The highest BCUT2D eigenvalue weighted by molar-refractivity contribution is 9.10. The third-order valence-electron chi connectivity index (χ3n) is 4.49. The van der Waals surface area contributed by atoms with E-state index in [-0.39, 0.29) is 5.91 Å². The van der Waals surface area contributed by atoms with Crippen molar-refractivity contribution < 1.29 is 9.53 Å². The maximum absolute atomic E-state index is 13.3. The zero-order valence-electron chi connectivity index (χ0n) is 15.5. The first-order chi connectivity index (χ1) is 14.1. The van der Waals surface area contributed by atoms with E-state index in [1.165, 1.54) is 0 Å². The Morgan fingerprint density at radius 3 is 2.41 bits per heavy atom. The normalized spacial score (nSPS) is 15.0. The first-order valence-electron chi connectivity index (χ1n) is 8.87. The maximum atomic E-state index is 13.3. The van der Waals surface area contributed by atoms with Crippen LogP contribution in [-0.2, 0) is 4.79 Å². The van der Waals surface area contributed by atoms with E-state index in [1.54, 1.807) is 42.4 Å². The number of amidine groups is 1. The number of carbonyl (C=O) groups excluding carboxylic acids is 1. The number of hydrogen-bond acceptors (Lipinski definition) is 3. The van der Waals surface area contributed by atoms with Gasteiger partial charge in [-0.1, -0.05) is 63.9 Å². The topological polar surface area (TPSA) is 41.9 Å². The fourth-order valence-electron chi connectivity index (χ4n) is 3.10. The number of halogens is 2. The Labute approximate surface area is 182 Å². The minimum Gasteiger partial charge on any atom is -0.496 e. The van der Waals surface area contributed by atoms with Crippen LogP contribution in [0.15, 0.2) is 88.0 Å². The molecule has 29 heavy (non-hydrogen) atoms. The molecule has 0 radical (unpaired) electrons. The molecule has 0 unspecified atom stereocenters. The molecule has 0 fully saturated rings. The number of rotatable bonds is 4. The van der Waals surface area contributed by atoms with E-state index in [1.807, 2.05) is 48.5 Å². The van der Waals surface area contributed by atoms with E-state index in [4.69, 9.17) is 16.3 Å². The van der Waals surface area contributed by atoms with Gasteiger partial charge in [0.1, 0.15) is 17.3 Å². The van der Waals surface area contributed by atoms with Crippen LogP contribution in [0.1, 0.15) is 11.1 Å². The largest absolute Gasteiger partial charge is 0.496 e. The lowest BCUT2D eigenvalue weighted by atomic mass is 10.1. The number of amides is 1. The first kappa shape index (κ1) is 19.4. The number of hydrogen-bond donors (Lipinski definition) is 0. The maximum Gasteiger partial charge on any atom is 0.282 e. The SMILES string of the molecule is COc1ccccc1/C=C1/N=C(c2ccccc2Br)N(c2ccc(Cl)cc2)C1=O. The smallest absolute Gasteiger partial charge is 0.282 e. The molecule has 144 valence electrons. The summed E-state index contributed by atoms with van der Waals surface area (Å²) in [4.78, 5) is 19.6. The lowest BCUT2D eigenvalue weighted by Gasteiger charge is -2.19. The summed E-state index contributed by atoms with van der Waals surface area (Å²) in [5.41, 5.74) is 2.62. The van der Waals surface area contributed by atoms with Gasteiger partial charge in [-0.2, -0.15) is 0 Å². The first-order valence-corrected chi connectivity index (χ1v) is 10.0. The van der Waals surface area contributed by atoms with E-state index in [2.05, 4.69) is 20.9 Å². The van der Waals surface area contributed by atoms with Gasteiger partial charge in [-0.3, -0.25) is 9.69 Å². The summed E-state index contributed by atoms with van der Waals surface area (Å²) in [7, 11) is 1.60. The minimum atomic E-state index is -0.219. The highest BCUT2D eigenvalue weighted by Gasteiger charge is 2.33. The van der Waals surface area contributed by atoms with Crippen molar-refractivity contribution in [2.24, 2.45) is 4.99 Å². The van der Waals surface area contributed by atoms with Crippen molar-refractivity contribution in [2.45, 2.75) is 0 Å². The molecule has 1 aliphatic heterocycles. The third-order valence-corrected chi connectivity index (χ3v) is 5.43. The van der Waals surface area contributed by atoms with Crippen molar-refractivity contribution in [3.05, 3.63) is 99.1 Å². The van der Waals surface area contributed by atoms with Crippen molar-refractivity contribution >= 4 is 51.0 Å². The number of aliphatic imine (C=N–C) groups is 1. The molecule has 3 aromatic carbocycles. The summed E-state index contributed by atoms with van der Waals surface area (Å²) in [6.45, 7) is 0. The highest BCUT2D eigenvalue weighted by Crippen LogP contribution is 2.32. The molecule has 0 N–H and O–H groups in total. The molecule has 0 aliphatic carbocycles. The van der Waals surface area contributed by atoms with Crippen LogP contribution in [0.3, 0.4) is 0 Å². The molecule has 4 rings (SSSR count). The number of carbonyl (C=O) groups is 1. The second-order valence-electron chi connectivity index (χ2n) is 6.30. The van der Waals surface area contributed by atoms with Crippen molar-refractivity contribution in [3.63, 3.8) is 0 Å². The molecule has 1 aliphatic rings. The molecule has 4 nitrogen and oxygen atoms in total. The Kier molecular flexibility index (Phi) is 5.51. The van der Waals surface area contributed by atoms with E-state index < -0.39 is 0 Å². The number of anilines is 1. The lowest BCUT2D eigenvalue weighted by Crippen LogP contribution is -2.32. The molecule has 6 heteroatoms. The number of ether oxygens (including phenoxy) is 1. The lowest BCUT2D eigenvalue weighted by molar-refractivity contribution is -0.113. The Morgan fingerprint density at radius 2 is 1.69 bits per heavy atom. The predicted molar refractivity (Wildman–Crippen MR) is 121 cm³/mol. The Balaban J connectivity index is 1.86. The van der Waals surface area contributed by atoms with Crippen LogP contribution in [0, 0.1) is 0 Å². The fraction of sp³-hybridized carbons (Fsp3) is 0.0435. The summed E-state index contributed by atoms with van der Waals surface area (Å²) < 4.78 is 6.26. The quantitative estimate of drug-likeness (QED) is 0.445. The van der Waals surface area contributed by atoms with E-state index in [0.717, 1.165) is 15.6 Å². The summed E-state index contributed by atoms with van der Waals surface area (Å²) in [5.74, 6) is 1.00. The monoisotopic (exact) mass is 466 g/mol. The van der Waals surface area contributed by atoms with Gasteiger partial charge in [0.05, 0.1) is 12.8 Å². The van der Waals surface area contributed by atoms with E-state index >= 15 is 0 Å². The molecule has 0 bridgehead atoms. The molecular formula is C23H16BrClN2O2. The van der Waals surface area contributed by atoms with Gasteiger partial charge in [0, 0.05) is 20.6 Å². The molecule has 0 saturated heterocycles. The van der Waals surface area contributed by atoms with E-state index in [0.29, 0.717) is 28.0 Å². The summed E-state index contributed by atoms with van der Waals surface area (Å²) in [5, 5.41) is 0.601. The Morgan fingerprint density at radius 1 is 1.00 bits per heavy atom. The van der Waals surface area contributed by atoms with Crippen LogP contribution in [0.25, 0.3) is 6.08 Å². The number of benzene rings is 3. The van der Waals surface area contributed by atoms with Crippen molar-refractivity contribution in [1.82, 2.24) is 0 Å². The van der Waals surface area contributed by atoms with Crippen molar-refractivity contribution in [2.75, 3.05) is 12.0 Å². The van der Waals surface area contributed by atoms with Gasteiger partial charge in [0.25, 0.3) is 5.91 Å². The van der Waals surface area contributed by atoms with Crippen LogP contribution < -0.4 is 9.64 Å². The van der Waals surface area contributed by atoms with Crippen LogP contribution in [0.4, 0.5) is 5.69 Å². The van der Waals surface area contributed by atoms with Gasteiger partial charge in [-0.15, -0.1) is 0 Å². The standard InChI is InChI=1S/C23H16BrClN2O2/c1-29-21-9-5-2-6-15(21)14-20-23(28)27(17-12-10-16(25)11-13-17)22(26-20)18-7-3-4-8-19(18)24/h2-14H,1H3/b20-14+. The van der Waals surface area contributed by atoms with Crippen LogP contribution in [0.5, 0.6) is 5.75 Å². The zero-order chi connectivity index (χ0) is 20.4. The fourth-order valence-corrected chi connectivity index (χ4v) is 3.69. The van der Waals surface area contributed by atoms with Crippen molar-refractivity contribution in [3.8, 4) is 5.75 Å². The van der Waals surface area contributed by atoms with Gasteiger partial charge in [-0.05, 0) is 42.5 Å². The average molecular weight is 468 g/mol. The number of nitrogens with zero attached hydrogens (tertiary/aromatic N) is 2. The third kappa shape index (κ3) is 3.84. The number of para-hydroxylation sites is 1. The summed E-state index contributed by atoms with van der Waals surface area (Å²) in [6.07, 6.45) is 1.74. The molecule has 0 atom stereocenters. The Bertz CT molecular complexity index is 1140. The second-order valence-corrected chi connectivity index (χ2v) is 7.59. The summed E-state index contributed by atoms with van der Waals surface area (Å²) >= 11 is 9.60. The predicted octanol–water partition coefficient (Wildman–Crippen LogP) is 5.95. The van der Waals surface area contributed by atoms with Gasteiger partial charge < -0.3 is 4.74 Å². The highest BCUT2D eigenvalue weighted by atomic mass is 79.9. The molecule has 0 saturated carbocycles. The molecule has 0 spiro atoms. The molecule has 1 amide bonds. The molecule has 0 aromatic heterocycles. The van der Waals surface area contributed by atoms with Crippen LogP contribution in [-0.4, -0.2) is 18.9 Å². The molecule has 1 heterocycles. The van der Waals surface area contributed by atoms with Gasteiger partial charge in [0.2, 0.25) is 0 Å². The summed E-state index contributed by atoms with van der Waals surface area (Å²) in [6, 6.07) is 22.3. The minimum absolute atomic E-state index is 0.219. The second kappa shape index (κ2) is 8.23. The molecule has 3 aromatic rings. The van der Waals surface area contributed by atoms with Gasteiger partial charge in [0.15, 0.2) is 0 Å². The average Bonchev–Trinajstić information content (AvgIpc) is 3.05. The Hall–Kier alpha value is -2.89. The van der Waals surface area contributed by atoms with E-state index in [9.17, 15) is 4.79 Å². The molecular weight excluding hydrogens is 452 g/mol. The zero-order valence-corrected chi connectivity index (χ0v) is 17.8. The van der Waals surface area contributed by atoms with Crippen LogP contribution in [0.2, 0.25) is 5.02 Å². The van der Waals surface area contributed by atoms with Gasteiger partial charge in [-0.25, -0.2) is 4.99 Å². The van der Waals surface area contributed by atoms with Crippen LogP contribution >= 0.6 is 27.5 Å². The van der Waals surface area contributed by atoms with Crippen molar-refractivity contribution in [1.29, 1.82) is 0 Å². The number of methoxy groups -OCH3 is 1.